The van der Waals surface area contributed by atoms with Gasteiger partial charge in [-0.15, -0.1) is 0 Å². The Kier molecular flexibility index (Phi) is 7.43. The summed E-state index contributed by atoms with van der Waals surface area (Å²) < 4.78 is 5.03. The van der Waals surface area contributed by atoms with Gasteiger partial charge in [-0.3, -0.25) is 9.59 Å². The lowest BCUT2D eigenvalue weighted by atomic mass is 10.0. The van der Waals surface area contributed by atoms with Gasteiger partial charge in [-0.1, -0.05) is 48.5 Å². The van der Waals surface area contributed by atoms with Crippen LogP contribution in [0.3, 0.4) is 0 Å². The molecule has 3 rings (SSSR count). The fraction of sp³-hybridized carbons (Fsp3) is 0.348. The molecule has 0 aromatic heterocycles. The molecule has 1 unspecified atom stereocenters. The number of hydrogen-bond acceptors (Lipinski definition) is 4. The number of rotatable bonds is 6. The van der Waals surface area contributed by atoms with E-state index < -0.39 is 6.04 Å². The molecule has 1 heterocycles. The maximum Gasteiger partial charge on any atom is 0.409 e. The van der Waals surface area contributed by atoms with Crippen LogP contribution in [0.25, 0.3) is 0 Å². The van der Waals surface area contributed by atoms with E-state index >= 15 is 0 Å². The van der Waals surface area contributed by atoms with Crippen molar-refractivity contribution in [1.29, 1.82) is 0 Å². The van der Waals surface area contributed by atoms with Crippen molar-refractivity contribution < 1.29 is 19.1 Å². The minimum absolute atomic E-state index is 0.147. The van der Waals surface area contributed by atoms with Gasteiger partial charge in [0.1, 0.15) is 6.04 Å². The third-order valence-electron chi connectivity index (χ3n) is 5.04. The molecule has 0 spiro atoms. The predicted octanol–water partition coefficient (Wildman–Crippen LogP) is 2.33. The maximum absolute atomic E-state index is 13.2. The van der Waals surface area contributed by atoms with E-state index in [9.17, 15) is 14.4 Å². The Labute approximate surface area is 176 Å². The number of nitrogens with one attached hydrogen (secondary N) is 1. The van der Waals surface area contributed by atoms with Crippen molar-refractivity contribution in [1.82, 2.24) is 15.1 Å². The number of hydrogen-bond donors (Lipinski definition) is 1. The van der Waals surface area contributed by atoms with Crippen molar-refractivity contribution in [3.8, 4) is 0 Å². The monoisotopic (exact) mass is 409 g/mol. The number of carbonyl (C=O) groups is 3. The van der Waals surface area contributed by atoms with Crippen molar-refractivity contribution in [3.63, 3.8) is 0 Å². The van der Waals surface area contributed by atoms with Crippen molar-refractivity contribution in [3.05, 3.63) is 71.8 Å². The zero-order chi connectivity index (χ0) is 21.3. The summed E-state index contributed by atoms with van der Waals surface area (Å²) in [7, 11) is 0. The highest BCUT2D eigenvalue weighted by molar-refractivity contribution is 5.97. The predicted molar refractivity (Wildman–Crippen MR) is 113 cm³/mol. The highest BCUT2D eigenvalue weighted by Gasteiger charge is 2.30. The van der Waals surface area contributed by atoms with Crippen molar-refractivity contribution in [2.45, 2.75) is 19.4 Å². The van der Waals surface area contributed by atoms with Crippen molar-refractivity contribution in [2.75, 3.05) is 32.8 Å². The number of benzene rings is 2. The molecule has 1 atom stereocenters. The summed E-state index contributed by atoms with van der Waals surface area (Å²) in [4.78, 5) is 41.1. The Hall–Kier alpha value is -3.35. The van der Waals surface area contributed by atoms with E-state index in [0.29, 0.717) is 44.8 Å². The molecule has 1 N–H and O–H groups in total. The molecule has 0 bridgehead atoms. The van der Waals surface area contributed by atoms with Crippen LogP contribution in [0.15, 0.2) is 60.7 Å². The first-order chi connectivity index (χ1) is 14.6. The second kappa shape index (κ2) is 10.4. The SMILES string of the molecule is CCOC(=O)N1CCN(C(=O)C(Cc2ccccc2)NC(=O)c2ccccc2)CC1. The van der Waals surface area contributed by atoms with Gasteiger partial charge in [-0.05, 0) is 24.6 Å². The number of ether oxygens (including phenoxy) is 1. The molecule has 0 aliphatic carbocycles. The Balaban J connectivity index is 1.69. The van der Waals surface area contributed by atoms with Crippen LogP contribution in [-0.2, 0) is 16.0 Å². The first kappa shape index (κ1) is 21.4. The first-order valence-electron chi connectivity index (χ1n) is 10.2. The standard InChI is InChI=1S/C23H27N3O4/c1-2-30-23(29)26-15-13-25(14-16-26)22(28)20(17-18-9-5-3-6-10-18)24-21(27)19-11-7-4-8-12-19/h3-12,20H,2,13-17H2,1H3,(H,24,27). The lowest BCUT2D eigenvalue weighted by Crippen LogP contribution is -2.56. The largest absolute Gasteiger partial charge is 0.450 e. The molecule has 1 aliphatic heterocycles. The molecule has 7 nitrogen and oxygen atoms in total. The number of nitrogens with zero attached hydrogens (tertiary/aromatic N) is 2. The summed E-state index contributed by atoms with van der Waals surface area (Å²) >= 11 is 0. The Morgan fingerprint density at radius 2 is 1.47 bits per heavy atom. The molecule has 158 valence electrons. The molecule has 30 heavy (non-hydrogen) atoms. The topological polar surface area (TPSA) is 79.0 Å². The van der Waals surface area contributed by atoms with Gasteiger partial charge in [0.2, 0.25) is 5.91 Å². The van der Waals surface area contributed by atoms with E-state index in [-0.39, 0.29) is 17.9 Å². The van der Waals surface area contributed by atoms with Gasteiger partial charge in [0.05, 0.1) is 6.61 Å². The van der Waals surface area contributed by atoms with Crippen LogP contribution >= 0.6 is 0 Å². The van der Waals surface area contributed by atoms with E-state index in [1.165, 1.54) is 0 Å². The third kappa shape index (κ3) is 5.59. The van der Waals surface area contributed by atoms with Crippen molar-refractivity contribution >= 4 is 17.9 Å². The average molecular weight is 409 g/mol. The molecule has 1 fully saturated rings. The zero-order valence-electron chi connectivity index (χ0n) is 17.1. The molecule has 7 heteroatoms. The van der Waals surface area contributed by atoms with Gasteiger partial charge in [0, 0.05) is 38.2 Å². The summed E-state index contributed by atoms with van der Waals surface area (Å²) in [5.41, 5.74) is 1.48. The van der Waals surface area contributed by atoms with E-state index in [1.807, 2.05) is 36.4 Å². The minimum atomic E-state index is -0.686. The van der Waals surface area contributed by atoms with Gasteiger partial charge in [-0.2, -0.15) is 0 Å². The molecular weight excluding hydrogens is 382 g/mol. The first-order valence-corrected chi connectivity index (χ1v) is 10.2. The highest BCUT2D eigenvalue weighted by atomic mass is 16.6. The zero-order valence-corrected chi connectivity index (χ0v) is 17.1. The van der Waals surface area contributed by atoms with Crippen LogP contribution in [0.1, 0.15) is 22.8 Å². The average Bonchev–Trinajstić information content (AvgIpc) is 2.79. The maximum atomic E-state index is 13.2. The van der Waals surface area contributed by atoms with Crippen LogP contribution < -0.4 is 5.32 Å². The quantitative estimate of drug-likeness (QED) is 0.794. The summed E-state index contributed by atoms with van der Waals surface area (Å²) in [6, 6.07) is 17.8. The van der Waals surface area contributed by atoms with E-state index in [1.54, 1.807) is 41.0 Å². The van der Waals surface area contributed by atoms with Gasteiger partial charge < -0.3 is 19.9 Å². The molecule has 0 saturated carbocycles. The molecule has 3 amide bonds. The van der Waals surface area contributed by atoms with Crippen LogP contribution in [0.2, 0.25) is 0 Å². The Bertz CT molecular complexity index is 849. The van der Waals surface area contributed by atoms with Gasteiger partial charge in [-0.25, -0.2) is 4.79 Å². The fourth-order valence-corrected chi connectivity index (χ4v) is 3.43. The van der Waals surface area contributed by atoms with E-state index in [2.05, 4.69) is 5.32 Å². The molecule has 1 saturated heterocycles. The summed E-state index contributed by atoms with van der Waals surface area (Å²) in [5.74, 6) is -0.429. The van der Waals surface area contributed by atoms with Crippen LogP contribution in [0.4, 0.5) is 4.79 Å². The van der Waals surface area contributed by atoms with Crippen LogP contribution in [0, 0.1) is 0 Å². The number of piperazine rings is 1. The molecule has 2 aromatic carbocycles. The van der Waals surface area contributed by atoms with Crippen LogP contribution in [-0.4, -0.2) is 66.5 Å². The molecule has 0 radical (unpaired) electrons. The minimum Gasteiger partial charge on any atom is -0.450 e. The highest BCUT2D eigenvalue weighted by Crippen LogP contribution is 2.11. The Morgan fingerprint density at radius 3 is 2.07 bits per heavy atom. The van der Waals surface area contributed by atoms with E-state index in [4.69, 9.17) is 4.74 Å². The normalized spacial score (nSPS) is 14.7. The van der Waals surface area contributed by atoms with Crippen molar-refractivity contribution in [2.24, 2.45) is 0 Å². The summed E-state index contributed by atoms with van der Waals surface area (Å²) in [5, 5.41) is 2.90. The second-order valence-electron chi connectivity index (χ2n) is 7.09. The number of amides is 3. The fourth-order valence-electron chi connectivity index (χ4n) is 3.43. The van der Waals surface area contributed by atoms with Gasteiger partial charge in [0.25, 0.3) is 5.91 Å². The molecule has 1 aliphatic rings. The molecular formula is C23H27N3O4. The molecule has 2 aromatic rings. The van der Waals surface area contributed by atoms with Gasteiger partial charge in [0.15, 0.2) is 0 Å². The summed E-state index contributed by atoms with van der Waals surface area (Å²) in [6.07, 6.45) is 0.0406. The second-order valence-corrected chi connectivity index (χ2v) is 7.09. The third-order valence-corrected chi connectivity index (χ3v) is 5.04. The number of carbonyl (C=O) groups excluding carboxylic acids is 3. The summed E-state index contributed by atoms with van der Waals surface area (Å²) in [6.45, 7) is 3.72. The smallest absolute Gasteiger partial charge is 0.409 e. The lowest BCUT2D eigenvalue weighted by molar-refractivity contribution is -0.134. The van der Waals surface area contributed by atoms with Crippen LogP contribution in [0.5, 0.6) is 0 Å². The lowest BCUT2D eigenvalue weighted by Gasteiger charge is -2.36. The Morgan fingerprint density at radius 1 is 0.900 bits per heavy atom. The van der Waals surface area contributed by atoms with E-state index in [0.717, 1.165) is 5.56 Å². The van der Waals surface area contributed by atoms with Gasteiger partial charge >= 0.3 is 6.09 Å².